The van der Waals surface area contributed by atoms with Crippen LogP contribution < -0.4 is 5.32 Å². The van der Waals surface area contributed by atoms with Crippen LogP contribution in [-0.4, -0.2) is 36.0 Å². The van der Waals surface area contributed by atoms with Crippen LogP contribution >= 0.6 is 0 Å². The molecule has 1 saturated carbocycles. The van der Waals surface area contributed by atoms with Crippen molar-refractivity contribution in [2.24, 2.45) is 5.92 Å². The van der Waals surface area contributed by atoms with E-state index in [0.717, 1.165) is 58.8 Å². The number of pyridine rings is 2. The largest absolute Gasteiger partial charge is 0.336 e. The van der Waals surface area contributed by atoms with E-state index in [-0.39, 0.29) is 17.6 Å². The number of amides is 1. The average molecular weight is 532 g/mol. The monoisotopic (exact) mass is 531 g/mol. The SMILES string of the molecule is Cc1cc(F)cc(-c2nccc3[nH]c(-c4n[nH]c5ccc(-c6cncc(NC(=O)C7CCCC7)c6)cc45)nc23)c1. The lowest BCUT2D eigenvalue weighted by Gasteiger charge is -2.11. The summed E-state index contributed by atoms with van der Waals surface area (Å²) in [4.78, 5) is 29.7. The first kappa shape index (κ1) is 24.1. The Kier molecular flexibility index (Phi) is 5.84. The normalized spacial score (nSPS) is 13.8. The highest BCUT2D eigenvalue weighted by Crippen LogP contribution is 2.33. The van der Waals surface area contributed by atoms with Crippen LogP contribution in [0.3, 0.4) is 0 Å². The van der Waals surface area contributed by atoms with Gasteiger partial charge in [-0.3, -0.25) is 19.9 Å². The fourth-order valence-corrected chi connectivity index (χ4v) is 5.60. The average Bonchev–Trinajstić information content (AvgIpc) is 3.71. The van der Waals surface area contributed by atoms with Crippen LogP contribution in [0.5, 0.6) is 0 Å². The maximum atomic E-state index is 14.2. The molecule has 0 bridgehead atoms. The van der Waals surface area contributed by atoms with Gasteiger partial charge in [0.2, 0.25) is 5.91 Å². The van der Waals surface area contributed by atoms with Gasteiger partial charge in [0.25, 0.3) is 0 Å². The third kappa shape index (κ3) is 4.39. The molecule has 0 aliphatic heterocycles. The number of hydrogen-bond donors (Lipinski definition) is 3. The molecule has 1 amide bonds. The lowest BCUT2D eigenvalue weighted by atomic mass is 10.0. The van der Waals surface area contributed by atoms with Crippen molar-refractivity contribution in [2.75, 3.05) is 5.32 Å². The number of benzene rings is 2. The molecule has 4 aromatic heterocycles. The van der Waals surface area contributed by atoms with Gasteiger partial charge in [-0.1, -0.05) is 18.9 Å². The zero-order chi connectivity index (χ0) is 27.2. The van der Waals surface area contributed by atoms with Gasteiger partial charge in [-0.2, -0.15) is 5.10 Å². The number of nitrogens with one attached hydrogen (secondary N) is 3. The minimum atomic E-state index is -0.313. The molecule has 2 aromatic carbocycles. The number of aromatic amines is 2. The van der Waals surface area contributed by atoms with Crippen molar-refractivity contribution in [3.8, 4) is 33.9 Å². The minimum Gasteiger partial charge on any atom is -0.336 e. The Bertz CT molecular complexity index is 1880. The van der Waals surface area contributed by atoms with E-state index in [0.29, 0.717) is 34.0 Å². The second-order valence-corrected chi connectivity index (χ2v) is 10.4. The zero-order valence-corrected chi connectivity index (χ0v) is 21.8. The number of aryl methyl sites for hydroxylation is 1. The number of carbonyl (C=O) groups excluding carboxylic acids is 1. The highest BCUT2D eigenvalue weighted by molar-refractivity contribution is 5.98. The lowest BCUT2D eigenvalue weighted by Crippen LogP contribution is -2.20. The molecule has 7 rings (SSSR count). The van der Waals surface area contributed by atoms with Gasteiger partial charge in [-0.15, -0.1) is 0 Å². The Morgan fingerprint density at radius 3 is 2.67 bits per heavy atom. The van der Waals surface area contributed by atoms with Gasteiger partial charge in [0.15, 0.2) is 5.82 Å². The molecule has 0 unspecified atom stereocenters. The first-order valence-corrected chi connectivity index (χ1v) is 13.4. The number of imidazole rings is 1. The summed E-state index contributed by atoms with van der Waals surface area (Å²) in [5, 5.41) is 11.6. The Balaban J connectivity index is 1.25. The van der Waals surface area contributed by atoms with Crippen LogP contribution in [0.4, 0.5) is 10.1 Å². The molecule has 8 nitrogen and oxygen atoms in total. The van der Waals surface area contributed by atoms with Crippen LogP contribution in [0.25, 0.3) is 55.8 Å². The summed E-state index contributed by atoms with van der Waals surface area (Å²) in [6.07, 6.45) is 9.25. The highest BCUT2D eigenvalue weighted by atomic mass is 19.1. The predicted molar refractivity (Wildman–Crippen MR) is 153 cm³/mol. The van der Waals surface area contributed by atoms with E-state index in [9.17, 15) is 9.18 Å². The summed E-state index contributed by atoms with van der Waals surface area (Å²) in [6.45, 7) is 1.85. The molecule has 1 fully saturated rings. The van der Waals surface area contributed by atoms with Gasteiger partial charge in [0.05, 0.1) is 28.6 Å². The van der Waals surface area contributed by atoms with E-state index < -0.39 is 0 Å². The van der Waals surface area contributed by atoms with Crippen LogP contribution in [0, 0.1) is 18.7 Å². The molecule has 4 heterocycles. The molecular weight excluding hydrogens is 505 g/mol. The molecule has 0 atom stereocenters. The third-order valence-corrected chi connectivity index (χ3v) is 7.57. The molecule has 1 aliphatic rings. The van der Waals surface area contributed by atoms with E-state index in [1.807, 2.05) is 43.3 Å². The summed E-state index contributed by atoms with van der Waals surface area (Å²) in [5.41, 5.74) is 7.54. The number of carbonyl (C=O) groups is 1. The molecular formula is C31H26FN7O. The van der Waals surface area contributed by atoms with Gasteiger partial charge in [0.1, 0.15) is 17.0 Å². The van der Waals surface area contributed by atoms with Crippen molar-refractivity contribution < 1.29 is 9.18 Å². The van der Waals surface area contributed by atoms with E-state index in [1.165, 1.54) is 12.1 Å². The summed E-state index contributed by atoms with van der Waals surface area (Å²) in [5.74, 6) is 0.414. The quantitative estimate of drug-likeness (QED) is 0.226. The second kappa shape index (κ2) is 9.68. The predicted octanol–water partition coefficient (Wildman–Crippen LogP) is 6.81. The third-order valence-electron chi connectivity index (χ3n) is 7.57. The van der Waals surface area contributed by atoms with Crippen molar-refractivity contribution in [1.82, 2.24) is 30.1 Å². The molecule has 40 heavy (non-hydrogen) atoms. The number of aromatic nitrogens is 6. The maximum absolute atomic E-state index is 14.2. The molecule has 9 heteroatoms. The summed E-state index contributed by atoms with van der Waals surface area (Å²) in [6, 6.07) is 14.6. The second-order valence-electron chi connectivity index (χ2n) is 10.4. The summed E-state index contributed by atoms with van der Waals surface area (Å²) in [7, 11) is 0. The first-order valence-electron chi connectivity index (χ1n) is 13.4. The number of halogens is 1. The van der Waals surface area contributed by atoms with Crippen LogP contribution in [0.1, 0.15) is 31.2 Å². The Morgan fingerprint density at radius 2 is 1.82 bits per heavy atom. The Labute approximate surface area is 229 Å². The number of fused-ring (bicyclic) bond motifs is 2. The maximum Gasteiger partial charge on any atom is 0.227 e. The molecule has 0 spiro atoms. The summed E-state index contributed by atoms with van der Waals surface area (Å²) < 4.78 is 14.2. The van der Waals surface area contributed by atoms with Gasteiger partial charge in [-0.25, -0.2) is 9.37 Å². The van der Waals surface area contributed by atoms with E-state index >= 15 is 0 Å². The van der Waals surface area contributed by atoms with E-state index in [1.54, 1.807) is 18.6 Å². The fourth-order valence-electron chi connectivity index (χ4n) is 5.60. The van der Waals surface area contributed by atoms with Crippen LogP contribution in [-0.2, 0) is 4.79 Å². The van der Waals surface area contributed by atoms with Crippen molar-refractivity contribution in [1.29, 1.82) is 0 Å². The first-order chi connectivity index (χ1) is 19.5. The van der Waals surface area contributed by atoms with E-state index in [4.69, 9.17) is 4.98 Å². The smallest absolute Gasteiger partial charge is 0.227 e. The van der Waals surface area contributed by atoms with Crippen LogP contribution in [0.2, 0.25) is 0 Å². The molecule has 6 aromatic rings. The molecule has 3 N–H and O–H groups in total. The lowest BCUT2D eigenvalue weighted by molar-refractivity contribution is -0.119. The van der Waals surface area contributed by atoms with Gasteiger partial charge in [0, 0.05) is 34.8 Å². The number of rotatable bonds is 5. The van der Waals surface area contributed by atoms with Crippen molar-refractivity contribution in [3.63, 3.8) is 0 Å². The van der Waals surface area contributed by atoms with E-state index in [2.05, 4.69) is 30.5 Å². The fraction of sp³-hybridized carbons (Fsp3) is 0.194. The number of hydrogen-bond acceptors (Lipinski definition) is 5. The number of anilines is 1. The Morgan fingerprint density at radius 1 is 0.950 bits per heavy atom. The van der Waals surface area contributed by atoms with Gasteiger partial charge in [-0.05, 0) is 73.4 Å². The van der Waals surface area contributed by atoms with Gasteiger partial charge >= 0.3 is 0 Å². The van der Waals surface area contributed by atoms with Crippen molar-refractivity contribution in [3.05, 3.63) is 78.5 Å². The topological polar surface area (TPSA) is 112 Å². The molecule has 1 aliphatic carbocycles. The highest BCUT2D eigenvalue weighted by Gasteiger charge is 2.23. The zero-order valence-electron chi connectivity index (χ0n) is 21.8. The summed E-state index contributed by atoms with van der Waals surface area (Å²) >= 11 is 0. The standard InChI is InChI=1S/C31H26FN7O/c1-17-10-20(12-22(32)11-17)27-29-26(8-9-34-27)36-30(37-29)28-24-14-19(6-7-25(24)38-39-28)21-13-23(16-33-15-21)35-31(40)18-4-2-3-5-18/h6-16,18H,2-5H2,1H3,(H,35,40)(H,36,37)(H,38,39). The Hall–Kier alpha value is -4.92. The van der Waals surface area contributed by atoms with Gasteiger partial charge < -0.3 is 10.3 Å². The molecule has 0 radical (unpaired) electrons. The number of nitrogens with zero attached hydrogens (tertiary/aromatic N) is 4. The van der Waals surface area contributed by atoms with Crippen molar-refractivity contribution in [2.45, 2.75) is 32.6 Å². The van der Waals surface area contributed by atoms with Crippen molar-refractivity contribution >= 4 is 33.5 Å². The van der Waals surface area contributed by atoms with Crippen LogP contribution in [0.15, 0.2) is 67.1 Å². The molecule has 0 saturated heterocycles. The number of H-pyrrole nitrogens is 2. The minimum absolute atomic E-state index is 0.0659. The molecule has 198 valence electrons.